The quantitative estimate of drug-likeness (QED) is 0.924. The number of thioether (sulfide) groups is 1. The van der Waals surface area contributed by atoms with Crippen LogP contribution in [0.4, 0.5) is 0 Å². The molecule has 7 heteroatoms. The Bertz CT molecular complexity index is 617. The summed E-state index contributed by atoms with van der Waals surface area (Å²) in [5.74, 6) is 1.05. The van der Waals surface area contributed by atoms with Crippen molar-refractivity contribution in [1.82, 2.24) is 14.8 Å². The molecule has 3 rings (SSSR count). The van der Waals surface area contributed by atoms with E-state index in [2.05, 4.69) is 10.1 Å². The average Bonchev–Trinajstić information content (AvgIpc) is 3.11. The van der Waals surface area contributed by atoms with E-state index in [9.17, 15) is 5.11 Å². The van der Waals surface area contributed by atoms with Crippen LogP contribution in [0.3, 0.4) is 0 Å². The summed E-state index contributed by atoms with van der Waals surface area (Å²) >= 11 is 14.1. The fourth-order valence-corrected chi connectivity index (χ4v) is 4.72. The topological polar surface area (TPSA) is 50.9 Å². The summed E-state index contributed by atoms with van der Waals surface area (Å²) < 4.78 is 1.64. The van der Waals surface area contributed by atoms with Gasteiger partial charge in [0.05, 0.1) is 6.54 Å². The molecule has 0 aliphatic carbocycles. The number of halogens is 2. The molecule has 1 aromatic heterocycles. The monoisotopic (exact) mass is 343 g/mol. The van der Waals surface area contributed by atoms with E-state index in [0.717, 1.165) is 18.6 Å². The third-order valence-electron chi connectivity index (χ3n) is 3.73. The van der Waals surface area contributed by atoms with Crippen LogP contribution >= 0.6 is 35.0 Å². The number of aromatic nitrogens is 3. The summed E-state index contributed by atoms with van der Waals surface area (Å²) in [5, 5.41) is 16.6. The van der Waals surface area contributed by atoms with E-state index in [4.69, 9.17) is 23.2 Å². The normalized spacial score (nSPS) is 21.4. The van der Waals surface area contributed by atoms with Crippen LogP contribution in [0.1, 0.15) is 18.4 Å². The molecule has 1 fully saturated rings. The zero-order chi connectivity index (χ0) is 14.9. The van der Waals surface area contributed by atoms with Gasteiger partial charge in [-0.15, -0.1) is 0 Å². The number of rotatable bonds is 4. The van der Waals surface area contributed by atoms with Gasteiger partial charge in [-0.1, -0.05) is 29.3 Å². The Hall–Kier alpha value is -0.750. The summed E-state index contributed by atoms with van der Waals surface area (Å²) in [7, 11) is 0. The van der Waals surface area contributed by atoms with E-state index in [1.165, 1.54) is 6.33 Å². The maximum absolute atomic E-state index is 11.4. The molecule has 1 aromatic carbocycles. The summed E-state index contributed by atoms with van der Waals surface area (Å²) in [4.78, 5) is 3.94. The Labute approximate surface area is 137 Å². The van der Waals surface area contributed by atoms with Gasteiger partial charge in [0.1, 0.15) is 18.3 Å². The van der Waals surface area contributed by atoms with Crippen LogP contribution in [0, 0.1) is 0 Å². The highest BCUT2D eigenvalue weighted by Gasteiger charge is 2.42. The van der Waals surface area contributed by atoms with Crippen molar-refractivity contribution in [2.75, 3.05) is 5.75 Å². The predicted octanol–water partition coefficient (Wildman–Crippen LogP) is 3.37. The largest absolute Gasteiger partial charge is 0.382 e. The molecule has 0 spiro atoms. The van der Waals surface area contributed by atoms with Crippen molar-refractivity contribution in [1.29, 1.82) is 0 Å². The van der Waals surface area contributed by atoms with E-state index >= 15 is 0 Å². The zero-order valence-electron chi connectivity index (χ0n) is 11.2. The minimum absolute atomic E-state index is 0.0837. The minimum Gasteiger partial charge on any atom is -0.382 e. The van der Waals surface area contributed by atoms with Gasteiger partial charge in [0.25, 0.3) is 0 Å². The second kappa shape index (κ2) is 6.16. The van der Waals surface area contributed by atoms with Crippen molar-refractivity contribution < 1.29 is 5.11 Å². The Kier molecular flexibility index (Phi) is 4.45. The molecule has 2 aromatic rings. The summed E-state index contributed by atoms with van der Waals surface area (Å²) in [6.45, 7) is 0.325. The first-order valence-corrected chi connectivity index (χ1v) is 8.52. The molecule has 0 unspecified atom stereocenters. The highest BCUT2D eigenvalue weighted by atomic mass is 35.5. The molecule has 2 atom stereocenters. The lowest BCUT2D eigenvalue weighted by Crippen LogP contribution is -2.41. The molecule has 1 aliphatic rings. The van der Waals surface area contributed by atoms with Crippen LogP contribution in [0.15, 0.2) is 30.9 Å². The summed E-state index contributed by atoms with van der Waals surface area (Å²) in [6, 6.07) is 5.24. The Balaban J connectivity index is 2.02. The van der Waals surface area contributed by atoms with E-state index in [-0.39, 0.29) is 5.25 Å². The molecule has 0 bridgehead atoms. The Morgan fingerprint density at radius 1 is 1.43 bits per heavy atom. The lowest BCUT2D eigenvalue weighted by atomic mass is 9.88. The van der Waals surface area contributed by atoms with Crippen molar-refractivity contribution in [3.8, 4) is 0 Å². The van der Waals surface area contributed by atoms with Crippen molar-refractivity contribution >= 4 is 35.0 Å². The van der Waals surface area contributed by atoms with Crippen LogP contribution in [-0.4, -0.2) is 30.9 Å². The maximum Gasteiger partial charge on any atom is 0.137 e. The van der Waals surface area contributed by atoms with Crippen LogP contribution in [-0.2, 0) is 12.1 Å². The first kappa shape index (κ1) is 15.2. The maximum atomic E-state index is 11.4. The fourth-order valence-electron chi connectivity index (χ4n) is 2.72. The van der Waals surface area contributed by atoms with E-state index in [0.29, 0.717) is 22.2 Å². The molecule has 0 amide bonds. The van der Waals surface area contributed by atoms with Crippen LogP contribution in [0.5, 0.6) is 0 Å². The van der Waals surface area contributed by atoms with Gasteiger partial charge in [0, 0.05) is 20.9 Å². The molecular formula is C14H15Cl2N3OS. The second-order valence-electron chi connectivity index (χ2n) is 5.14. The lowest BCUT2D eigenvalue weighted by Gasteiger charge is -2.34. The van der Waals surface area contributed by atoms with Gasteiger partial charge in [0.15, 0.2) is 0 Å². The van der Waals surface area contributed by atoms with Gasteiger partial charge >= 0.3 is 0 Å². The van der Waals surface area contributed by atoms with Gasteiger partial charge in [-0.05, 0) is 30.7 Å². The molecular weight excluding hydrogens is 329 g/mol. The van der Waals surface area contributed by atoms with Crippen molar-refractivity contribution in [3.05, 3.63) is 46.5 Å². The average molecular weight is 344 g/mol. The molecule has 0 radical (unpaired) electrons. The van der Waals surface area contributed by atoms with Crippen LogP contribution in [0.2, 0.25) is 10.0 Å². The van der Waals surface area contributed by atoms with Crippen LogP contribution in [0.25, 0.3) is 0 Å². The molecule has 1 saturated heterocycles. The van der Waals surface area contributed by atoms with Gasteiger partial charge in [-0.2, -0.15) is 16.9 Å². The Morgan fingerprint density at radius 3 is 2.90 bits per heavy atom. The zero-order valence-corrected chi connectivity index (χ0v) is 13.6. The number of benzene rings is 1. The van der Waals surface area contributed by atoms with Gasteiger partial charge in [-0.25, -0.2) is 9.67 Å². The molecule has 1 aliphatic heterocycles. The van der Waals surface area contributed by atoms with E-state index < -0.39 is 5.60 Å². The molecule has 0 saturated carbocycles. The number of hydrogen-bond donors (Lipinski definition) is 1. The standard InChI is InChI=1S/C14H15Cl2N3OS/c15-10-3-4-11(12(16)6-10)14(20,13-2-1-5-21-13)7-19-9-17-8-18-19/h3-4,6,8-9,13,20H,1-2,5,7H2/t13-,14-/m0/s1. The molecule has 1 N–H and O–H groups in total. The van der Waals surface area contributed by atoms with Gasteiger partial charge < -0.3 is 5.11 Å². The van der Waals surface area contributed by atoms with E-state index in [1.54, 1.807) is 41.0 Å². The molecule has 21 heavy (non-hydrogen) atoms. The number of aliphatic hydroxyl groups is 1. The van der Waals surface area contributed by atoms with Crippen LogP contribution < -0.4 is 0 Å². The predicted molar refractivity (Wildman–Crippen MR) is 85.9 cm³/mol. The van der Waals surface area contributed by atoms with Crippen molar-refractivity contribution in [2.24, 2.45) is 0 Å². The summed E-state index contributed by atoms with van der Waals surface area (Å²) in [6.07, 6.45) is 5.12. The van der Waals surface area contributed by atoms with Gasteiger partial charge in [-0.3, -0.25) is 0 Å². The molecule has 4 nitrogen and oxygen atoms in total. The number of hydrogen-bond acceptors (Lipinski definition) is 4. The van der Waals surface area contributed by atoms with Crippen molar-refractivity contribution in [3.63, 3.8) is 0 Å². The Morgan fingerprint density at radius 2 is 2.29 bits per heavy atom. The second-order valence-corrected chi connectivity index (χ2v) is 7.30. The molecule has 112 valence electrons. The SMILES string of the molecule is O[C@@](Cn1cncn1)(c1ccc(Cl)cc1Cl)[C@@H]1CCCS1. The fraction of sp³-hybridized carbons (Fsp3) is 0.429. The third-order valence-corrected chi connectivity index (χ3v) is 5.83. The number of nitrogens with zero attached hydrogens (tertiary/aromatic N) is 3. The first-order valence-electron chi connectivity index (χ1n) is 6.71. The summed E-state index contributed by atoms with van der Waals surface area (Å²) in [5.41, 5.74) is -0.389. The lowest BCUT2D eigenvalue weighted by molar-refractivity contribution is 0.0122. The third kappa shape index (κ3) is 3.06. The highest BCUT2D eigenvalue weighted by Crippen LogP contribution is 2.44. The van der Waals surface area contributed by atoms with Gasteiger partial charge in [0.2, 0.25) is 0 Å². The van der Waals surface area contributed by atoms with E-state index in [1.807, 2.05) is 0 Å². The minimum atomic E-state index is -1.09. The molecule has 2 heterocycles. The first-order chi connectivity index (χ1) is 10.1. The smallest absolute Gasteiger partial charge is 0.137 e. The van der Waals surface area contributed by atoms with Crippen molar-refractivity contribution in [2.45, 2.75) is 30.2 Å². The highest BCUT2D eigenvalue weighted by molar-refractivity contribution is 8.00.